The number of carbonyl (C=O) groups is 5. The van der Waals surface area contributed by atoms with Crippen LogP contribution in [-0.2, 0) is 38.2 Å². The standard InChI is InChI=1S/2C4H9NO.C3H9N.2C3H6O2.C3H6O.C2H6O.7CH4/c2*1-4(6)5(2)3;1-4(2)3;2*1-3(4)5-2;1-3(2)4;1-3-2;;;;;;;/h2*1-3H3;1-3H3;2*1-2H3;1-2H3;1-2H3;7*1H4. The molecule has 0 spiro atoms. The minimum Gasteiger partial charge on any atom is -0.469 e. The number of rotatable bonds is 0. The van der Waals surface area contributed by atoms with Gasteiger partial charge in [-0.2, -0.15) is 0 Å². The van der Waals surface area contributed by atoms with Crippen molar-refractivity contribution in [3.8, 4) is 0 Å². The Morgan fingerprint density at radius 1 is 0.425 bits per heavy atom. The van der Waals surface area contributed by atoms with Crippen LogP contribution in [0.5, 0.6) is 0 Å². The maximum atomic E-state index is 10.1. The van der Waals surface area contributed by atoms with Gasteiger partial charge in [0.15, 0.2) is 0 Å². The molecule has 0 radical (unpaired) electrons. The fraction of sp³-hybridized carbons (Fsp3) is 0.828. The number of amides is 2. The van der Waals surface area contributed by atoms with E-state index in [4.69, 9.17) is 0 Å². The molecule has 258 valence electrons. The van der Waals surface area contributed by atoms with Crippen LogP contribution in [0.3, 0.4) is 0 Å². The van der Waals surface area contributed by atoms with Gasteiger partial charge in [-0.15, -0.1) is 0 Å². The van der Waals surface area contributed by atoms with Crippen LogP contribution in [0.15, 0.2) is 0 Å². The van der Waals surface area contributed by atoms with Crippen molar-refractivity contribution >= 4 is 29.5 Å². The highest BCUT2D eigenvalue weighted by atomic mass is 16.5. The predicted octanol–water partition coefficient (Wildman–Crippen LogP) is 6.04. The van der Waals surface area contributed by atoms with E-state index in [2.05, 4.69) is 14.2 Å². The highest BCUT2D eigenvalue weighted by Crippen LogP contribution is 1.70. The van der Waals surface area contributed by atoms with Gasteiger partial charge in [-0.25, -0.2) is 0 Å². The highest BCUT2D eigenvalue weighted by Gasteiger charge is 1.88. The number of methoxy groups -OCH3 is 3. The number of hydrogen-bond acceptors (Lipinski definition) is 9. The molecule has 0 fully saturated rings. The molecule has 0 saturated carbocycles. The number of nitrogens with zero attached hydrogens (tertiary/aromatic N) is 3. The fourth-order valence-corrected chi connectivity index (χ4v) is 0. The molecule has 0 unspecified atom stereocenters. The Morgan fingerprint density at radius 2 is 0.475 bits per heavy atom. The Labute approximate surface area is 253 Å². The van der Waals surface area contributed by atoms with Crippen molar-refractivity contribution in [3.63, 3.8) is 0 Å². The van der Waals surface area contributed by atoms with Crippen LogP contribution in [0.25, 0.3) is 0 Å². The first kappa shape index (κ1) is 90.5. The first-order chi connectivity index (χ1) is 14.7. The van der Waals surface area contributed by atoms with Crippen molar-refractivity contribution < 1.29 is 38.2 Å². The van der Waals surface area contributed by atoms with Gasteiger partial charge in [0.1, 0.15) is 5.78 Å². The second-order valence-corrected chi connectivity index (χ2v) is 6.88. The molecule has 0 aliphatic carbocycles. The average molecular weight is 598 g/mol. The Bertz CT molecular complexity index is 431. The van der Waals surface area contributed by atoms with Gasteiger partial charge in [0.25, 0.3) is 0 Å². The van der Waals surface area contributed by atoms with Gasteiger partial charge in [-0.3, -0.25) is 19.2 Å². The number of Topliss-reactive ketones (excluding diaryl/α,β-unsaturated/α-hetero) is 1. The Hall–Kier alpha value is -2.53. The summed E-state index contributed by atoms with van der Waals surface area (Å²) in [6.45, 7) is 8.83. The summed E-state index contributed by atoms with van der Waals surface area (Å²) in [5, 5.41) is 0. The zero-order chi connectivity index (χ0) is 28.7. The molecule has 0 bridgehead atoms. The first-order valence-electron chi connectivity index (χ1n) is 9.64. The maximum absolute atomic E-state index is 10.1. The van der Waals surface area contributed by atoms with Crippen molar-refractivity contribution in [1.82, 2.24) is 14.7 Å². The van der Waals surface area contributed by atoms with Gasteiger partial charge in [0.05, 0.1) is 14.2 Å². The van der Waals surface area contributed by atoms with Crippen LogP contribution in [0.4, 0.5) is 0 Å². The lowest BCUT2D eigenvalue weighted by molar-refractivity contribution is -0.138. The maximum Gasteiger partial charge on any atom is 0.302 e. The van der Waals surface area contributed by atoms with E-state index in [1.807, 2.05) is 26.0 Å². The zero-order valence-electron chi connectivity index (χ0n) is 24.1. The summed E-state index contributed by atoms with van der Waals surface area (Å²) in [6, 6.07) is 0. The molecule has 0 aliphatic heterocycles. The van der Waals surface area contributed by atoms with Crippen molar-refractivity contribution in [3.05, 3.63) is 0 Å². The van der Waals surface area contributed by atoms with E-state index in [1.54, 1.807) is 42.4 Å². The summed E-state index contributed by atoms with van der Waals surface area (Å²) in [5.41, 5.74) is 0. The summed E-state index contributed by atoms with van der Waals surface area (Å²) >= 11 is 0. The lowest BCUT2D eigenvalue weighted by Gasteiger charge is -2.02. The predicted molar refractivity (Wildman–Crippen MR) is 180 cm³/mol. The minimum absolute atomic E-state index is 0. The molecule has 0 atom stereocenters. The molecule has 11 heteroatoms. The molecule has 0 aliphatic rings. The van der Waals surface area contributed by atoms with E-state index in [0.29, 0.717) is 0 Å². The van der Waals surface area contributed by atoms with Crippen LogP contribution in [0, 0.1) is 0 Å². The van der Waals surface area contributed by atoms with Crippen molar-refractivity contribution in [2.24, 2.45) is 0 Å². The van der Waals surface area contributed by atoms with Crippen LogP contribution < -0.4 is 0 Å². The summed E-state index contributed by atoms with van der Waals surface area (Å²) in [6.07, 6.45) is 0. The second kappa shape index (κ2) is 76.6. The summed E-state index contributed by atoms with van der Waals surface area (Å²) in [7, 11) is 18.8. The van der Waals surface area contributed by atoms with Crippen molar-refractivity contribution in [1.29, 1.82) is 0 Å². The molecule has 0 aromatic rings. The number of carbonyl (C=O) groups excluding carboxylic acids is 5. The SMILES string of the molecule is C.C.C.C.C.C.C.CC(=O)N(C)C.CC(=O)N(C)C.CC(C)=O.CN(C)C.COC.COC(C)=O.COC(C)=O. The minimum atomic E-state index is -0.245. The lowest BCUT2D eigenvalue weighted by atomic mass is 10.6. The van der Waals surface area contributed by atoms with Gasteiger partial charge < -0.3 is 33.7 Å². The molecule has 2 amide bonds. The monoisotopic (exact) mass is 598 g/mol. The Balaban J connectivity index is -0.0000000161. The van der Waals surface area contributed by atoms with Crippen molar-refractivity contribution in [2.45, 2.75) is 93.5 Å². The quantitative estimate of drug-likeness (QED) is 0.308. The smallest absolute Gasteiger partial charge is 0.302 e. The molecule has 0 aromatic carbocycles. The zero-order valence-corrected chi connectivity index (χ0v) is 24.1. The third-order valence-electron chi connectivity index (χ3n) is 1.83. The summed E-state index contributed by atoms with van der Waals surface area (Å²) in [4.78, 5) is 53.8. The highest BCUT2D eigenvalue weighted by molar-refractivity contribution is 5.72. The number of ketones is 1. The van der Waals surface area contributed by atoms with E-state index >= 15 is 0 Å². The Kier molecular flexibility index (Phi) is 173. The van der Waals surface area contributed by atoms with E-state index in [9.17, 15) is 24.0 Å². The van der Waals surface area contributed by atoms with E-state index in [-0.39, 0.29) is 81.5 Å². The second-order valence-electron chi connectivity index (χ2n) is 6.88. The molecular formula is C29H79N3O8. The van der Waals surface area contributed by atoms with Crippen LogP contribution in [0.1, 0.15) is 93.5 Å². The third-order valence-corrected chi connectivity index (χ3v) is 1.83. The number of ether oxygens (including phenoxy) is 3. The van der Waals surface area contributed by atoms with E-state index in [1.165, 1.54) is 65.6 Å². The van der Waals surface area contributed by atoms with Crippen LogP contribution in [-0.4, -0.2) is 122 Å². The molecule has 0 rings (SSSR count). The van der Waals surface area contributed by atoms with Gasteiger partial charge in [-0.05, 0) is 35.0 Å². The molecule has 0 N–H and O–H groups in total. The van der Waals surface area contributed by atoms with E-state index in [0.717, 1.165) is 0 Å². The fourth-order valence-electron chi connectivity index (χ4n) is 0. The average Bonchev–Trinajstić information content (AvgIpc) is 2.62. The lowest BCUT2D eigenvalue weighted by Crippen LogP contribution is -2.17. The largest absolute Gasteiger partial charge is 0.469 e. The summed E-state index contributed by atoms with van der Waals surface area (Å²) < 4.78 is 12.5. The number of hydrogen-bond donors (Lipinski definition) is 0. The van der Waals surface area contributed by atoms with Gasteiger partial charge in [-0.1, -0.05) is 52.0 Å². The first-order valence-corrected chi connectivity index (χ1v) is 9.64. The number of esters is 2. The topological polar surface area (TPSA) is 123 Å². The van der Waals surface area contributed by atoms with E-state index < -0.39 is 0 Å². The van der Waals surface area contributed by atoms with Gasteiger partial charge >= 0.3 is 11.9 Å². The normalized spacial score (nSPS) is 6.05. The summed E-state index contributed by atoms with van der Waals surface area (Å²) in [5.74, 6) is -0.139. The van der Waals surface area contributed by atoms with Crippen molar-refractivity contribution in [2.75, 3.05) is 77.8 Å². The molecule has 11 nitrogen and oxygen atoms in total. The van der Waals surface area contributed by atoms with Crippen LogP contribution in [0.2, 0.25) is 0 Å². The Morgan fingerprint density at radius 3 is 0.475 bits per heavy atom. The molecule has 0 aromatic heterocycles. The third kappa shape index (κ3) is 470. The van der Waals surface area contributed by atoms with Crippen LogP contribution >= 0.6 is 0 Å². The van der Waals surface area contributed by atoms with Gasteiger partial charge in [0.2, 0.25) is 11.8 Å². The molecule has 0 saturated heterocycles. The molecule has 40 heavy (non-hydrogen) atoms. The van der Waals surface area contributed by atoms with Gasteiger partial charge in [0, 0.05) is 70.1 Å². The molecular weight excluding hydrogens is 518 g/mol. The molecule has 0 heterocycles.